The third-order valence-corrected chi connectivity index (χ3v) is 2.83. The van der Waals surface area contributed by atoms with Gasteiger partial charge in [-0.05, 0) is 17.7 Å². The Morgan fingerprint density at radius 2 is 2.05 bits per heavy atom. The van der Waals surface area contributed by atoms with Gasteiger partial charge in [-0.1, -0.05) is 12.1 Å². The fraction of sp³-hybridized carbons (Fsp3) is 0.154. The van der Waals surface area contributed by atoms with Crippen LogP contribution in [0.25, 0.3) is 11.0 Å². The summed E-state index contributed by atoms with van der Waals surface area (Å²) < 4.78 is 39.5. The number of aromatic nitrogens is 4. The molecule has 20 heavy (non-hydrogen) atoms. The number of fused-ring (bicyclic) bond motifs is 1. The smallest absolute Gasteiger partial charge is 0.265 e. The fourth-order valence-electron chi connectivity index (χ4n) is 1.93. The Morgan fingerprint density at radius 3 is 2.80 bits per heavy atom. The Balaban J connectivity index is 1.91. The van der Waals surface area contributed by atoms with E-state index in [4.69, 9.17) is 0 Å². The minimum atomic E-state index is -4.34. The van der Waals surface area contributed by atoms with Crippen LogP contribution in [0, 0.1) is 0 Å². The van der Waals surface area contributed by atoms with E-state index in [0.717, 1.165) is 17.5 Å². The van der Waals surface area contributed by atoms with E-state index < -0.39 is 11.7 Å². The summed E-state index contributed by atoms with van der Waals surface area (Å²) in [6.07, 6.45) is 0.355. The Labute approximate surface area is 111 Å². The lowest BCUT2D eigenvalue weighted by molar-refractivity contribution is -0.137. The SMILES string of the molecule is FC(F)(F)c1cccc(Cn2cc3cncnc3n2)c1. The van der Waals surface area contributed by atoms with Gasteiger partial charge in [0.05, 0.1) is 17.5 Å². The van der Waals surface area contributed by atoms with Crippen LogP contribution >= 0.6 is 0 Å². The van der Waals surface area contributed by atoms with Gasteiger partial charge in [0.2, 0.25) is 0 Å². The second-order valence-corrected chi connectivity index (χ2v) is 4.33. The Kier molecular flexibility index (Phi) is 2.89. The molecule has 0 saturated heterocycles. The number of alkyl halides is 3. The molecule has 0 N–H and O–H groups in total. The first-order valence-corrected chi connectivity index (χ1v) is 5.82. The van der Waals surface area contributed by atoms with Gasteiger partial charge in [-0.25, -0.2) is 9.97 Å². The maximum absolute atomic E-state index is 12.6. The van der Waals surface area contributed by atoms with Crippen LogP contribution < -0.4 is 0 Å². The molecule has 2 aromatic heterocycles. The van der Waals surface area contributed by atoms with Crippen LogP contribution in [-0.4, -0.2) is 19.7 Å². The van der Waals surface area contributed by atoms with Crippen molar-refractivity contribution in [2.75, 3.05) is 0 Å². The third kappa shape index (κ3) is 2.47. The first-order valence-electron chi connectivity index (χ1n) is 5.82. The van der Waals surface area contributed by atoms with E-state index >= 15 is 0 Å². The molecule has 0 saturated carbocycles. The Hall–Kier alpha value is -2.44. The van der Waals surface area contributed by atoms with Crippen LogP contribution in [0.4, 0.5) is 13.2 Å². The molecule has 0 unspecified atom stereocenters. The molecule has 0 fully saturated rings. The second kappa shape index (κ2) is 4.59. The molecule has 0 aliphatic rings. The second-order valence-electron chi connectivity index (χ2n) is 4.33. The van der Waals surface area contributed by atoms with E-state index in [-0.39, 0.29) is 6.54 Å². The van der Waals surface area contributed by atoms with Gasteiger partial charge in [-0.3, -0.25) is 4.68 Å². The summed E-state index contributed by atoms with van der Waals surface area (Å²) in [5, 5.41) is 4.93. The number of benzene rings is 1. The maximum Gasteiger partial charge on any atom is 0.416 e. The molecular weight excluding hydrogens is 269 g/mol. The van der Waals surface area contributed by atoms with Gasteiger partial charge < -0.3 is 0 Å². The molecule has 0 aliphatic heterocycles. The highest BCUT2D eigenvalue weighted by molar-refractivity contribution is 5.72. The van der Waals surface area contributed by atoms with Crippen molar-refractivity contribution in [1.29, 1.82) is 0 Å². The molecule has 0 amide bonds. The largest absolute Gasteiger partial charge is 0.416 e. The Morgan fingerprint density at radius 1 is 1.20 bits per heavy atom. The lowest BCUT2D eigenvalue weighted by Crippen LogP contribution is -2.07. The minimum Gasteiger partial charge on any atom is -0.265 e. The first-order chi connectivity index (χ1) is 9.52. The first kappa shape index (κ1) is 12.6. The molecule has 0 bridgehead atoms. The van der Waals surface area contributed by atoms with Crippen LogP contribution in [-0.2, 0) is 12.7 Å². The van der Waals surface area contributed by atoms with E-state index in [1.165, 1.54) is 12.4 Å². The van der Waals surface area contributed by atoms with Gasteiger partial charge >= 0.3 is 6.18 Å². The summed E-state index contributed by atoms with van der Waals surface area (Å²) in [5.41, 5.74) is 0.388. The number of nitrogens with zero attached hydrogens (tertiary/aromatic N) is 4. The molecule has 0 aliphatic carbocycles. The quantitative estimate of drug-likeness (QED) is 0.724. The molecule has 3 aromatic rings. The van der Waals surface area contributed by atoms with Crippen molar-refractivity contribution in [3.8, 4) is 0 Å². The van der Waals surface area contributed by atoms with Crippen LogP contribution in [0.3, 0.4) is 0 Å². The zero-order chi connectivity index (χ0) is 14.2. The summed E-state index contributed by atoms with van der Waals surface area (Å²) >= 11 is 0. The third-order valence-electron chi connectivity index (χ3n) is 2.83. The highest BCUT2D eigenvalue weighted by atomic mass is 19.4. The molecule has 1 aromatic carbocycles. The average Bonchev–Trinajstić information content (AvgIpc) is 2.80. The van der Waals surface area contributed by atoms with Crippen molar-refractivity contribution in [3.05, 3.63) is 54.1 Å². The van der Waals surface area contributed by atoms with Gasteiger partial charge in [-0.15, -0.1) is 0 Å². The normalized spacial score (nSPS) is 11.9. The van der Waals surface area contributed by atoms with Crippen molar-refractivity contribution in [2.24, 2.45) is 0 Å². The van der Waals surface area contributed by atoms with Crippen molar-refractivity contribution in [2.45, 2.75) is 12.7 Å². The zero-order valence-corrected chi connectivity index (χ0v) is 10.2. The molecule has 3 rings (SSSR count). The number of hydrogen-bond donors (Lipinski definition) is 0. The van der Waals surface area contributed by atoms with Gasteiger partial charge in [0, 0.05) is 12.4 Å². The summed E-state index contributed by atoms with van der Waals surface area (Å²) in [7, 11) is 0. The molecule has 2 heterocycles. The summed E-state index contributed by atoms with van der Waals surface area (Å²) in [6, 6.07) is 5.20. The molecular formula is C13H9F3N4. The molecule has 4 nitrogen and oxygen atoms in total. The Bertz CT molecular complexity index is 715. The predicted molar refractivity (Wildman–Crippen MR) is 65.9 cm³/mol. The highest BCUT2D eigenvalue weighted by Crippen LogP contribution is 2.29. The van der Waals surface area contributed by atoms with Crippen LogP contribution in [0.1, 0.15) is 11.1 Å². The van der Waals surface area contributed by atoms with Crippen molar-refractivity contribution in [3.63, 3.8) is 0 Å². The molecule has 7 heteroatoms. The number of rotatable bonds is 2. The molecule has 0 radical (unpaired) electrons. The van der Waals surface area contributed by atoms with E-state index in [9.17, 15) is 13.2 Å². The van der Waals surface area contributed by atoms with Crippen molar-refractivity contribution >= 4 is 11.0 Å². The summed E-state index contributed by atoms with van der Waals surface area (Å²) in [4.78, 5) is 7.84. The van der Waals surface area contributed by atoms with Crippen LogP contribution in [0.2, 0.25) is 0 Å². The lowest BCUT2D eigenvalue weighted by Gasteiger charge is -2.08. The van der Waals surface area contributed by atoms with Gasteiger partial charge in [0.25, 0.3) is 0 Å². The minimum absolute atomic E-state index is 0.250. The molecule has 102 valence electrons. The fourth-order valence-corrected chi connectivity index (χ4v) is 1.93. The zero-order valence-electron chi connectivity index (χ0n) is 10.2. The van der Waals surface area contributed by atoms with Gasteiger partial charge in [-0.2, -0.15) is 18.3 Å². The lowest BCUT2D eigenvalue weighted by atomic mass is 10.1. The topological polar surface area (TPSA) is 43.6 Å². The number of hydrogen-bond acceptors (Lipinski definition) is 3. The summed E-state index contributed by atoms with van der Waals surface area (Å²) in [5.74, 6) is 0. The highest BCUT2D eigenvalue weighted by Gasteiger charge is 2.30. The predicted octanol–water partition coefficient (Wildman–Crippen LogP) is 2.89. The van der Waals surface area contributed by atoms with E-state index in [0.29, 0.717) is 11.2 Å². The van der Waals surface area contributed by atoms with Crippen LogP contribution in [0.5, 0.6) is 0 Å². The van der Waals surface area contributed by atoms with E-state index in [1.54, 1.807) is 23.1 Å². The molecule has 0 spiro atoms. The molecule has 0 atom stereocenters. The van der Waals surface area contributed by atoms with Crippen molar-refractivity contribution in [1.82, 2.24) is 19.7 Å². The number of halogens is 3. The average molecular weight is 278 g/mol. The standard InChI is InChI=1S/C13H9F3N4/c14-13(15,16)11-3-1-2-9(4-11)6-20-7-10-5-17-8-18-12(10)19-20/h1-5,7-8H,6H2. The summed E-state index contributed by atoms with van der Waals surface area (Å²) in [6.45, 7) is 0.250. The van der Waals surface area contributed by atoms with Crippen LogP contribution in [0.15, 0.2) is 43.0 Å². The van der Waals surface area contributed by atoms with Gasteiger partial charge in [0.15, 0.2) is 5.65 Å². The van der Waals surface area contributed by atoms with E-state index in [2.05, 4.69) is 15.1 Å². The van der Waals surface area contributed by atoms with Gasteiger partial charge in [0.1, 0.15) is 6.33 Å². The maximum atomic E-state index is 12.6. The monoisotopic (exact) mass is 278 g/mol. The van der Waals surface area contributed by atoms with E-state index in [1.807, 2.05) is 0 Å². The van der Waals surface area contributed by atoms with Crippen molar-refractivity contribution < 1.29 is 13.2 Å².